The van der Waals surface area contributed by atoms with E-state index in [0.29, 0.717) is 12.8 Å². The van der Waals surface area contributed by atoms with Crippen molar-refractivity contribution in [2.24, 2.45) is 0 Å². The molecule has 0 saturated heterocycles. The van der Waals surface area contributed by atoms with E-state index in [2.05, 4.69) is 25.7 Å². The van der Waals surface area contributed by atoms with Crippen LogP contribution in [-0.2, 0) is 25.9 Å². The summed E-state index contributed by atoms with van der Waals surface area (Å²) in [5.41, 5.74) is -1.88. The molecule has 0 saturated carbocycles. The van der Waals surface area contributed by atoms with Gasteiger partial charge in [-0.05, 0) is 24.6 Å². The highest BCUT2D eigenvalue weighted by atomic mass is 32.5. The van der Waals surface area contributed by atoms with E-state index in [1.54, 1.807) is 0 Å². The Hall–Kier alpha value is -0.170. The molecule has 0 heterocycles. The van der Waals surface area contributed by atoms with Gasteiger partial charge in [0.15, 0.2) is 11.6 Å². The number of rotatable bonds is 16. The molecule has 0 fully saturated rings. The molecule has 6 nitrogen and oxygen atoms in total. The van der Waals surface area contributed by atoms with Crippen molar-refractivity contribution in [3.05, 3.63) is 0 Å². The molecule has 0 aromatic rings. The number of ketones is 2. The zero-order valence-corrected chi connectivity index (χ0v) is 19.4. The zero-order chi connectivity index (χ0) is 21.1. The molecule has 0 unspecified atom stereocenters. The Labute approximate surface area is 170 Å². The largest absolute Gasteiger partial charge is 0.328 e. The Balaban J connectivity index is 5.61. The van der Waals surface area contributed by atoms with Gasteiger partial charge in [0.05, 0.1) is 21.1 Å². The lowest BCUT2D eigenvalue weighted by atomic mass is 9.86. The molecule has 0 radical (unpaired) electrons. The average molecular weight is 425 g/mol. The van der Waals surface area contributed by atoms with Gasteiger partial charge in [0.1, 0.15) is 6.54 Å². The second-order valence-corrected chi connectivity index (χ2v) is 10.9. The standard InChI is InChI=1S/C19H38NO5PS/c1-6-8-10-12-14-17(21)19(16-20(3,4)5,25-26(23,24)27)18(22)15-13-11-9-7-2/h6-16H2,1-5H3,(H-,23,24,27)/p+1. The van der Waals surface area contributed by atoms with E-state index in [9.17, 15) is 19.4 Å². The molecule has 0 aliphatic heterocycles. The Morgan fingerprint density at radius 2 is 1.30 bits per heavy atom. The van der Waals surface area contributed by atoms with Crippen molar-refractivity contribution >= 4 is 30.1 Å². The van der Waals surface area contributed by atoms with Crippen molar-refractivity contribution in [1.82, 2.24) is 0 Å². The van der Waals surface area contributed by atoms with Crippen LogP contribution >= 0.6 is 6.72 Å². The summed E-state index contributed by atoms with van der Waals surface area (Å²) in [6.45, 7) is 0.0105. The first-order valence-corrected chi connectivity index (χ1v) is 12.6. The fourth-order valence-corrected chi connectivity index (χ4v) is 4.21. The number of carbonyl (C=O) groups is 2. The zero-order valence-electron chi connectivity index (χ0n) is 17.7. The molecule has 0 amide bonds. The summed E-state index contributed by atoms with van der Waals surface area (Å²) in [6.07, 6.45) is 7.54. The maximum absolute atomic E-state index is 13.1. The molecule has 27 heavy (non-hydrogen) atoms. The third-order valence-electron chi connectivity index (χ3n) is 4.39. The van der Waals surface area contributed by atoms with Gasteiger partial charge in [0.2, 0.25) is 5.60 Å². The molecule has 0 aliphatic rings. The molecule has 0 atom stereocenters. The maximum Gasteiger partial charge on any atom is 0.323 e. The lowest BCUT2D eigenvalue weighted by molar-refractivity contribution is -0.874. The third-order valence-corrected chi connectivity index (χ3v) is 5.16. The van der Waals surface area contributed by atoms with Gasteiger partial charge in [0.25, 0.3) is 0 Å². The summed E-state index contributed by atoms with van der Waals surface area (Å²) in [7, 11) is 5.52. The molecule has 0 rings (SSSR count). The van der Waals surface area contributed by atoms with Crippen molar-refractivity contribution in [2.75, 3.05) is 27.7 Å². The number of Topliss-reactive ketones (excluding diaryl/α,β-unsaturated/α-hetero) is 2. The van der Waals surface area contributed by atoms with Crippen LogP contribution in [0.1, 0.15) is 78.1 Å². The van der Waals surface area contributed by atoms with Gasteiger partial charge in [-0.1, -0.05) is 52.4 Å². The fraction of sp³-hybridized carbons (Fsp3) is 0.895. The summed E-state index contributed by atoms with van der Waals surface area (Å²) >= 11 is 4.66. The molecule has 8 heteroatoms. The molecular formula is C19H39NO5PS+. The van der Waals surface area contributed by atoms with Crippen LogP contribution in [0.25, 0.3) is 0 Å². The molecular weight excluding hydrogens is 385 g/mol. The molecule has 0 spiro atoms. The number of hydrogen-bond donors (Lipinski definition) is 2. The highest BCUT2D eigenvalue weighted by molar-refractivity contribution is 8.06. The van der Waals surface area contributed by atoms with E-state index in [1.165, 1.54) is 0 Å². The van der Waals surface area contributed by atoms with Crippen LogP contribution in [0.4, 0.5) is 0 Å². The number of unbranched alkanes of at least 4 members (excludes halogenated alkanes) is 6. The van der Waals surface area contributed by atoms with E-state index in [4.69, 9.17) is 4.52 Å². The minimum Gasteiger partial charge on any atom is -0.328 e. The van der Waals surface area contributed by atoms with Gasteiger partial charge >= 0.3 is 6.72 Å². The van der Waals surface area contributed by atoms with Crippen LogP contribution in [0.5, 0.6) is 0 Å². The van der Waals surface area contributed by atoms with Crippen LogP contribution in [-0.4, -0.2) is 59.1 Å². The highest BCUT2D eigenvalue weighted by Crippen LogP contribution is 2.44. The predicted molar refractivity (Wildman–Crippen MR) is 113 cm³/mol. The molecule has 0 bridgehead atoms. The SMILES string of the molecule is CCCCCCC(=O)C(C[N+](C)(C)C)(OP(O)(O)=S)C(=O)CCCCCC. The average Bonchev–Trinajstić information content (AvgIpc) is 2.51. The lowest BCUT2D eigenvalue weighted by Crippen LogP contribution is -2.59. The van der Waals surface area contributed by atoms with Crippen molar-refractivity contribution in [3.8, 4) is 0 Å². The van der Waals surface area contributed by atoms with Gasteiger partial charge in [-0.15, -0.1) is 0 Å². The molecule has 0 aromatic heterocycles. The smallest absolute Gasteiger partial charge is 0.323 e. The maximum atomic E-state index is 13.1. The van der Waals surface area contributed by atoms with Crippen LogP contribution < -0.4 is 0 Å². The number of nitrogens with zero attached hydrogens (tertiary/aromatic N) is 1. The number of carbonyl (C=O) groups excluding carboxylic acids is 2. The summed E-state index contributed by atoms with van der Waals surface area (Å²) in [5, 5.41) is 0. The number of quaternary nitrogens is 1. The van der Waals surface area contributed by atoms with E-state index < -0.39 is 12.3 Å². The number of hydrogen-bond acceptors (Lipinski definition) is 4. The topological polar surface area (TPSA) is 83.8 Å². The minimum atomic E-state index is -4.19. The fourth-order valence-electron chi connectivity index (χ4n) is 3.16. The van der Waals surface area contributed by atoms with Gasteiger partial charge in [-0.2, -0.15) is 0 Å². The van der Waals surface area contributed by atoms with Crippen molar-refractivity contribution in [2.45, 2.75) is 83.7 Å². The normalized spacial score (nSPS) is 13.0. The molecule has 160 valence electrons. The minimum absolute atomic E-state index is 0.0335. The second-order valence-electron chi connectivity index (χ2n) is 8.32. The van der Waals surface area contributed by atoms with E-state index in [0.717, 1.165) is 38.5 Å². The summed E-state index contributed by atoms with van der Waals surface area (Å²) in [6, 6.07) is 0. The van der Waals surface area contributed by atoms with E-state index in [1.807, 2.05) is 21.1 Å². The van der Waals surface area contributed by atoms with Gasteiger partial charge < -0.3 is 14.3 Å². The van der Waals surface area contributed by atoms with Crippen LogP contribution in [0.2, 0.25) is 0 Å². The second kappa shape index (κ2) is 12.4. The van der Waals surface area contributed by atoms with Gasteiger partial charge in [-0.3, -0.25) is 14.1 Å². The Kier molecular flexibility index (Phi) is 12.3. The summed E-state index contributed by atoms with van der Waals surface area (Å²) in [4.78, 5) is 45.8. The first-order chi connectivity index (χ1) is 12.4. The third kappa shape index (κ3) is 11.4. The molecule has 2 N–H and O–H groups in total. The van der Waals surface area contributed by atoms with E-state index in [-0.39, 0.29) is 35.4 Å². The van der Waals surface area contributed by atoms with Crippen LogP contribution in [0.3, 0.4) is 0 Å². The van der Waals surface area contributed by atoms with Crippen molar-refractivity contribution in [3.63, 3.8) is 0 Å². The Morgan fingerprint density at radius 3 is 1.59 bits per heavy atom. The van der Waals surface area contributed by atoms with Gasteiger partial charge in [-0.25, -0.2) is 0 Å². The summed E-state index contributed by atoms with van der Waals surface area (Å²) in [5.74, 6) is -0.770. The lowest BCUT2D eigenvalue weighted by Gasteiger charge is -2.37. The predicted octanol–water partition coefficient (Wildman–Crippen LogP) is 3.74. The molecule has 0 aromatic carbocycles. The molecule has 0 aliphatic carbocycles. The number of likely N-dealkylation sites (N-methyl/N-ethyl adjacent to an activating group) is 1. The van der Waals surface area contributed by atoms with Crippen molar-refractivity contribution in [1.29, 1.82) is 0 Å². The quantitative estimate of drug-likeness (QED) is 0.170. The van der Waals surface area contributed by atoms with E-state index >= 15 is 0 Å². The Morgan fingerprint density at radius 1 is 0.889 bits per heavy atom. The summed E-state index contributed by atoms with van der Waals surface area (Å²) < 4.78 is 5.64. The first kappa shape index (κ1) is 26.8. The highest BCUT2D eigenvalue weighted by Gasteiger charge is 2.52. The monoisotopic (exact) mass is 424 g/mol. The van der Waals surface area contributed by atoms with Crippen molar-refractivity contribution < 1.29 is 28.4 Å². The van der Waals surface area contributed by atoms with Gasteiger partial charge in [0, 0.05) is 12.8 Å². The Bertz CT molecular complexity index is 489. The van der Waals surface area contributed by atoms with Crippen LogP contribution in [0, 0.1) is 0 Å². The first-order valence-electron chi connectivity index (χ1n) is 10.0. The van der Waals surface area contributed by atoms with Crippen LogP contribution in [0.15, 0.2) is 0 Å².